The molecule has 0 aromatic heterocycles. The van der Waals surface area contributed by atoms with Crippen molar-refractivity contribution in [3.8, 4) is 0 Å². The Morgan fingerprint density at radius 2 is 2.00 bits per heavy atom. The summed E-state index contributed by atoms with van der Waals surface area (Å²) in [4.78, 5) is 2.21. The number of hydrogen-bond acceptors (Lipinski definition) is 2. The standard InChI is InChI=1S/C10H11BClNO/c11-8-1-2-10(9(12)7-8)13-3-5-14-6-4-13/h1-2,7H,3-6H2. The van der Waals surface area contributed by atoms with Crippen molar-refractivity contribution in [2.45, 2.75) is 0 Å². The van der Waals surface area contributed by atoms with Crippen molar-refractivity contribution >= 4 is 30.6 Å². The predicted molar refractivity (Wildman–Crippen MR) is 59.9 cm³/mol. The molecule has 0 unspecified atom stereocenters. The summed E-state index contributed by atoms with van der Waals surface area (Å²) in [5.74, 6) is 0. The van der Waals surface area contributed by atoms with Crippen molar-refractivity contribution in [3.05, 3.63) is 23.2 Å². The normalized spacial score (nSPS) is 17.1. The van der Waals surface area contributed by atoms with E-state index >= 15 is 0 Å². The number of nitrogens with zero attached hydrogens (tertiary/aromatic N) is 1. The molecule has 1 aliphatic heterocycles. The summed E-state index contributed by atoms with van der Waals surface area (Å²) < 4.78 is 5.28. The molecule has 14 heavy (non-hydrogen) atoms. The first-order chi connectivity index (χ1) is 6.77. The molecule has 1 heterocycles. The van der Waals surface area contributed by atoms with Crippen LogP contribution in [0.3, 0.4) is 0 Å². The summed E-state index contributed by atoms with van der Waals surface area (Å²) in [5, 5.41) is 0.715. The Kier molecular flexibility index (Phi) is 2.99. The number of rotatable bonds is 1. The van der Waals surface area contributed by atoms with Gasteiger partial charge >= 0.3 is 0 Å². The first kappa shape index (κ1) is 9.87. The van der Waals surface area contributed by atoms with Gasteiger partial charge in [-0.25, -0.2) is 0 Å². The average molecular weight is 207 g/mol. The second-order valence-corrected chi connectivity index (χ2v) is 3.72. The van der Waals surface area contributed by atoms with Gasteiger partial charge in [0.25, 0.3) is 0 Å². The van der Waals surface area contributed by atoms with Crippen LogP contribution in [-0.4, -0.2) is 34.1 Å². The van der Waals surface area contributed by atoms with Gasteiger partial charge in [0.05, 0.1) is 23.9 Å². The largest absolute Gasteiger partial charge is 0.378 e. The van der Waals surface area contributed by atoms with Gasteiger partial charge in [-0.2, -0.15) is 0 Å². The lowest BCUT2D eigenvalue weighted by molar-refractivity contribution is 0.122. The summed E-state index contributed by atoms with van der Waals surface area (Å²) in [7, 11) is 5.63. The second kappa shape index (κ2) is 4.24. The molecular formula is C10H11BClNO. The monoisotopic (exact) mass is 207 g/mol. The van der Waals surface area contributed by atoms with Gasteiger partial charge in [0.1, 0.15) is 7.85 Å². The average Bonchev–Trinajstić information content (AvgIpc) is 2.19. The van der Waals surface area contributed by atoms with Crippen molar-refractivity contribution in [1.29, 1.82) is 0 Å². The topological polar surface area (TPSA) is 12.5 Å². The van der Waals surface area contributed by atoms with Crippen molar-refractivity contribution in [2.24, 2.45) is 0 Å². The van der Waals surface area contributed by atoms with Crippen LogP contribution in [0.2, 0.25) is 5.02 Å². The molecule has 0 aliphatic carbocycles. The summed E-state index contributed by atoms with van der Waals surface area (Å²) in [6.07, 6.45) is 0. The highest BCUT2D eigenvalue weighted by molar-refractivity contribution is 6.37. The predicted octanol–water partition coefficient (Wildman–Crippen LogP) is 0.970. The molecule has 0 amide bonds. The van der Waals surface area contributed by atoms with Crippen LogP contribution in [0, 0.1) is 0 Å². The Morgan fingerprint density at radius 1 is 1.29 bits per heavy atom. The summed E-state index contributed by atoms with van der Waals surface area (Å²) in [6, 6.07) is 5.62. The van der Waals surface area contributed by atoms with E-state index in [1.54, 1.807) is 6.07 Å². The Labute approximate surface area is 90.2 Å². The minimum atomic E-state index is 0.701. The van der Waals surface area contributed by atoms with E-state index in [2.05, 4.69) is 4.90 Å². The van der Waals surface area contributed by atoms with E-state index in [4.69, 9.17) is 24.2 Å². The zero-order chi connectivity index (χ0) is 9.97. The molecule has 1 aromatic carbocycles. The van der Waals surface area contributed by atoms with Gasteiger partial charge < -0.3 is 9.64 Å². The minimum Gasteiger partial charge on any atom is -0.378 e. The van der Waals surface area contributed by atoms with Crippen LogP contribution in [-0.2, 0) is 4.74 Å². The fourth-order valence-corrected chi connectivity index (χ4v) is 1.89. The van der Waals surface area contributed by atoms with Gasteiger partial charge in [0.15, 0.2) is 0 Å². The van der Waals surface area contributed by atoms with Crippen LogP contribution in [0.1, 0.15) is 0 Å². The van der Waals surface area contributed by atoms with Crippen LogP contribution in [0.5, 0.6) is 0 Å². The van der Waals surface area contributed by atoms with Crippen LogP contribution in [0.25, 0.3) is 0 Å². The highest BCUT2D eigenvalue weighted by Gasteiger charge is 2.13. The first-order valence-electron chi connectivity index (χ1n) is 4.65. The van der Waals surface area contributed by atoms with Gasteiger partial charge in [-0.15, -0.1) is 0 Å². The molecule has 4 heteroatoms. The third-order valence-electron chi connectivity index (χ3n) is 2.32. The molecule has 2 radical (unpaired) electrons. The molecule has 1 fully saturated rings. The highest BCUT2D eigenvalue weighted by Crippen LogP contribution is 2.24. The third kappa shape index (κ3) is 2.04. The fourth-order valence-electron chi connectivity index (χ4n) is 1.58. The van der Waals surface area contributed by atoms with Gasteiger partial charge in [-0.3, -0.25) is 0 Å². The number of benzene rings is 1. The lowest BCUT2D eigenvalue weighted by Crippen LogP contribution is -2.36. The maximum Gasteiger partial charge on any atom is 0.113 e. The lowest BCUT2D eigenvalue weighted by atomic mass is 9.96. The number of anilines is 1. The molecule has 2 rings (SSSR count). The van der Waals surface area contributed by atoms with E-state index in [1.165, 1.54) is 0 Å². The SMILES string of the molecule is [B]c1ccc(N2CCOCC2)c(Cl)c1. The molecule has 0 atom stereocenters. The molecule has 2 nitrogen and oxygen atoms in total. The molecule has 0 saturated carbocycles. The van der Waals surface area contributed by atoms with Crippen LogP contribution in [0.15, 0.2) is 18.2 Å². The Balaban J connectivity index is 2.22. The van der Waals surface area contributed by atoms with E-state index < -0.39 is 0 Å². The molecular weight excluding hydrogens is 196 g/mol. The number of morpholine rings is 1. The Morgan fingerprint density at radius 3 is 2.64 bits per heavy atom. The molecule has 0 bridgehead atoms. The number of halogens is 1. The summed E-state index contributed by atoms with van der Waals surface area (Å²) in [5.41, 5.74) is 1.75. The second-order valence-electron chi connectivity index (χ2n) is 3.31. The van der Waals surface area contributed by atoms with Crippen LogP contribution < -0.4 is 10.4 Å². The van der Waals surface area contributed by atoms with E-state index in [-0.39, 0.29) is 0 Å². The Hall–Kier alpha value is -0.665. The van der Waals surface area contributed by atoms with Gasteiger partial charge in [-0.1, -0.05) is 23.1 Å². The van der Waals surface area contributed by atoms with Gasteiger partial charge in [0, 0.05) is 13.1 Å². The Bertz CT molecular complexity index is 326. The van der Waals surface area contributed by atoms with Crippen molar-refractivity contribution in [3.63, 3.8) is 0 Å². The molecule has 1 aliphatic rings. The highest BCUT2D eigenvalue weighted by atomic mass is 35.5. The smallest absolute Gasteiger partial charge is 0.113 e. The van der Waals surface area contributed by atoms with Gasteiger partial charge in [0.2, 0.25) is 0 Å². The van der Waals surface area contributed by atoms with Crippen molar-refractivity contribution in [2.75, 3.05) is 31.2 Å². The van der Waals surface area contributed by atoms with E-state index in [9.17, 15) is 0 Å². The third-order valence-corrected chi connectivity index (χ3v) is 2.63. The zero-order valence-corrected chi connectivity index (χ0v) is 8.63. The van der Waals surface area contributed by atoms with Gasteiger partial charge in [-0.05, 0) is 12.1 Å². The van der Waals surface area contributed by atoms with Crippen molar-refractivity contribution in [1.82, 2.24) is 0 Å². The van der Waals surface area contributed by atoms with E-state index in [1.807, 2.05) is 12.1 Å². The minimum absolute atomic E-state index is 0.701. The van der Waals surface area contributed by atoms with Crippen LogP contribution in [0.4, 0.5) is 5.69 Å². The number of ether oxygens (including phenoxy) is 1. The molecule has 0 N–H and O–H groups in total. The summed E-state index contributed by atoms with van der Waals surface area (Å²) >= 11 is 6.10. The van der Waals surface area contributed by atoms with Crippen LogP contribution >= 0.6 is 11.6 Å². The first-order valence-corrected chi connectivity index (χ1v) is 5.03. The maximum atomic E-state index is 6.10. The molecule has 1 aromatic rings. The van der Waals surface area contributed by atoms with E-state index in [0.29, 0.717) is 10.5 Å². The summed E-state index contributed by atoms with van der Waals surface area (Å²) in [6.45, 7) is 3.31. The molecule has 1 saturated heterocycles. The lowest BCUT2D eigenvalue weighted by Gasteiger charge is -2.29. The molecule has 0 spiro atoms. The molecule has 72 valence electrons. The maximum absolute atomic E-state index is 6.10. The fraction of sp³-hybridized carbons (Fsp3) is 0.400. The van der Waals surface area contributed by atoms with Crippen molar-refractivity contribution < 1.29 is 4.74 Å². The zero-order valence-electron chi connectivity index (χ0n) is 7.87. The number of hydrogen-bond donors (Lipinski definition) is 0. The quantitative estimate of drug-likeness (QED) is 0.637. The van der Waals surface area contributed by atoms with E-state index in [0.717, 1.165) is 32.0 Å².